The highest BCUT2D eigenvalue weighted by atomic mass is 35.5. The molecule has 0 unspecified atom stereocenters. The number of hydrogen-bond acceptors (Lipinski definition) is 3. The van der Waals surface area contributed by atoms with E-state index in [-0.39, 0.29) is 30.3 Å². The van der Waals surface area contributed by atoms with Crippen molar-refractivity contribution in [3.63, 3.8) is 0 Å². The van der Waals surface area contributed by atoms with E-state index in [1.54, 1.807) is 46.7 Å². The number of aryl methyl sites for hydroxylation is 2. The lowest BCUT2D eigenvalue weighted by atomic mass is 10.1. The van der Waals surface area contributed by atoms with Crippen molar-refractivity contribution in [2.24, 2.45) is 14.1 Å². The van der Waals surface area contributed by atoms with E-state index < -0.39 is 0 Å². The summed E-state index contributed by atoms with van der Waals surface area (Å²) >= 11 is 5.93. The summed E-state index contributed by atoms with van der Waals surface area (Å²) in [6.45, 7) is 0. The Morgan fingerprint density at radius 1 is 1.39 bits per heavy atom. The van der Waals surface area contributed by atoms with Crippen LogP contribution >= 0.6 is 11.6 Å². The maximum Gasteiger partial charge on any atom is 0.268 e. The molecule has 0 aliphatic carbocycles. The number of carbonyl (C=O) groups excluding carboxylic acids is 2. The Morgan fingerprint density at radius 3 is 2.70 bits per heavy atom. The predicted octanol–water partition coefficient (Wildman–Crippen LogP) is 1.11. The molecule has 8 heteroatoms. The van der Waals surface area contributed by atoms with Crippen LogP contribution in [-0.2, 0) is 18.9 Å². The van der Waals surface area contributed by atoms with Crippen molar-refractivity contribution in [1.82, 2.24) is 24.6 Å². The van der Waals surface area contributed by atoms with Gasteiger partial charge >= 0.3 is 0 Å². The van der Waals surface area contributed by atoms with Crippen molar-refractivity contribution in [3.8, 4) is 0 Å². The fourth-order valence-corrected chi connectivity index (χ4v) is 3.32. The monoisotopic (exact) mass is 335 g/mol. The molecular weight excluding hydrogens is 318 g/mol. The van der Waals surface area contributed by atoms with E-state index >= 15 is 0 Å². The molecule has 1 aliphatic rings. The van der Waals surface area contributed by atoms with E-state index in [4.69, 9.17) is 11.6 Å². The average Bonchev–Trinajstić information content (AvgIpc) is 3.11. The first-order chi connectivity index (χ1) is 10.9. The SMILES string of the molecule is CN1C(=O)C[C@@H](NC(=O)c2cc(Cl)cn2C)[C@@H]1c1ccnn1C. The van der Waals surface area contributed by atoms with Crippen molar-refractivity contribution in [3.05, 3.63) is 40.9 Å². The molecule has 2 amide bonds. The lowest BCUT2D eigenvalue weighted by Gasteiger charge is -2.25. The normalized spacial score (nSPS) is 21.0. The summed E-state index contributed by atoms with van der Waals surface area (Å²) in [6, 6.07) is 2.91. The third-order valence-corrected chi connectivity index (χ3v) is 4.48. The summed E-state index contributed by atoms with van der Waals surface area (Å²) in [5.41, 5.74) is 1.34. The van der Waals surface area contributed by atoms with Gasteiger partial charge in [0.15, 0.2) is 0 Å². The van der Waals surface area contributed by atoms with Gasteiger partial charge in [-0.05, 0) is 12.1 Å². The van der Waals surface area contributed by atoms with Gasteiger partial charge in [-0.2, -0.15) is 5.10 Å². The number of nitrogens with zero attached hydrogens (tertiary/aromatic N) is 4. The van der Waals surface area contributed by atoms with Gasteiger partial charge in [-0.1, -0.05) is 11.6 Å². The number of carbonyl (C=O) groups is 2. The zero-order chi connectivity index (χ0) is 16.7. The highest BCUT2D eigenvalue weighted by molar-refractivity contribution is 6.31. The van der Waals surface area contributed by atoms with Crippen LogP contribution < -0.4 is 5.32 Å². The Morgan fingerprint density at radius 2 is 2.13 bits per heavy atom. The van der Waals surface area contributed by atoms with Crippen LogP contribution in [0.2, 0.25) is 5.02 Å². The Hall–Kier alpha value is -2.28. The molecule has 1 saturated heterocycles. The van der Waals surface area contributed by atoms with Gasteiger partial charge in [-0.15, -0.1) is 0 Å². The first-order valence-electron chi connectivity index (χ1n) is 7.24. The lowest BCUT2D eigenvalue weighted by Crippen LogP contribution is -2.40. The number of amides is 2. The van der Waals surface area contributed by atoms with Crippen LogP contribution in [0.3, 0.4) is 0 Å². The molecule has 7 nitrogen and oxygen atoms in total. The highest BCUT2D eigenvalue weighted by Crippen LogP contribution is 2.31. The first kappa shape index (κ1) is 15.6. The Bertz CT molecular complexity index is 766. The van der Waals surface area contributed by atoms with E-state index in [2.05, 4.69) is 10.4 Å². The molecule has 1 fully saturated rings. The van der Waals surface area contributed by atoms with Crippen LogP contribution in [0.25, 0.3) is 0 Å². The number of rotatable bonds is 3. The molecule has 0 saturated carbocycles. The maximum absolute atomic E-state index is 12.5. The molecule has 2 aromatic rings. The Labute approximate surface area is 138 Å². The topological polar surface area (TPSA) is 72.2 Å². The van der Waals surface area contributed by atoms with Crippen LogP contribution in [0.15, 0.2) is 24.5 Å². The summed E-state index contributed by atoms with van der Waals surface area (Å²) in [5, 5.41) is 7.61. The van der Waals surface area contributed by atoms with Crippen molar-refractivity contribution >= 4 is 23.4 Å². The smallest absolute Gasteiger partial charge is 0.268 e. The number of nitrogens with one attached hydrogen (secondary N) is 1. The quantitative estimate of drug-likeness (QED) is 0.913. The fraction of sp³-hybridized carbons (Fsp3) is 0.400. The maximum atomic E-state index is 12.5. The number of likely N-dealkylation sites (N-methyl/N-ethyl adjacent to an activating group) is 1. The van der Waals surface area contributed by atoms with Gasteiger partial charge in [0.2, 0.25) is 5.91 Å². The van der Waals surface area contributed by atoms with Crippen LogP contribution in [0, 0.1) is 0 Å². The second kappa shape index (κ2) is 5.73. The zero-order valence-electron chi connectivity index (χ0n) is 13.2. The van der Waals surface area contributed by atoms with E-state index in [9.17, 15) is 9.59 Å². The molecule has 122 valence electrons. The number of halogens is 1. The standard InChI is InChI=1S/C15H18ClN5O2/c1-19-8-9(16)6-12(19)15(23)18-10-7-13(22)20(2)14(10)11-4-5-17-21(11)3/h4-6,8,10,14H,7H2,1-3H3,(H,18,23)/t10-,14-/m1/s1. The van der Waals surface area contributed by atoms with Gasteiger partial charge in [0.05, 0.1) is 22.8 Å². The molecule has 0 spiro atoms. The molecule has 23 heavy (non-hydrogen) atoms. The van der Waals surface area contributed by atoms with Gasteiger partial charge in [0.1, 0.15) is 5.69 Å². The van der Waals surface area contributed by atoms with Gasteiger partial charge in [-0.3, -0.25) is 14.3 Å². The largest absolute Gasteiger partial charge is 0.345 e. The zero-order valence-corrected chi connectivity index (χ0v) is 13.9. The van der Waals surface area contributed by atoms with Crippen LogP contribution in [0.4, 0.5) is 0 Å². The molecule has 0 radical (unpaired) electrons. The summed E-state index contributed by atoms with van der Waals surface area (Å²) < 4.78 is 3.38. The molecule has 1 aliphatic heterocycles. The van der Waals surface area contributed by atoms with E-state index in [1.807, 2.05) is 13.1 Å². The van der Waals surface area contributed by atoms with Gasteiger partial charge in [0, 0.05) is 40.0 Å². The summed E-state index contributed by atoms with van der Waals surface area (Å²) in [4.78, 5) is 26.3. The summed E-state index contributed by atoms with van der Waals surface area (Å²) in [5.74, 6) is -0.258. The summed E-state index contributed by atoms with van der Waals surface area (Å²) in [6.07, 6.45) is 3.61. The van der Waals surface area contributed by atoms with Crippen molar-refractivity contribution < 1.29 is 9.59 Å². The minimum absolute atomic E-state index is 0.00795. The average molecular weight is 336 g/mol. The fourth-order valence-electron chi connectivity index (χ4n) is 3.07. The second-order valence-corrected chi connectivity index (χ2v) is 6.20. The third-order valence-electron chi connectivity index (χ3n) is 4.27. The van der Waals surface area contributed by atoms with Crippen LogP contribution in [-0.4, -0.2) is 44.2 Å². The molecule has 3 rings (SSSR count). The van der Waals surface area contributed by atoms with Gasteiger partial charge < -0.3 is 14.8 Å². The van der Waals surface area contributed by atoms with E-state index in [0.717, 1.165) is 5.69 Å². The van der Waals surface area contributed by atoms with Gasteiger partial charge in [0.25, 0.3) is 5.91 Å². The van der Waals surface area contributed by atoms with Crippen molar-refractivity contribution in [1.29, 1.82) is 0 Å². The lowest BCUT2D eigenvalue weighted by molar-refractivity contribution is -0.127. The predicted molar refractivity (Wildman–Crippen MR) is 85.0 cm³/mol. The van der Waals surface area contributed by atoms with Crippen molar-refractivity contribution in [2.75, 3.05) is 7.05 Å². The Kier molecular flexibility index (Phi) is 3.89. The highest BCUT2D eigenvalue weighted by Gasteiger charge is 2.41. The molecule has 0 aromatic carbocycles. The van der Waals surface area contributed by atoms with Crippen LogP contribution in [0.5, 0.6) is 0 Å². The number of likely N-dealkylation sites (tertiary alicyclic amines) is 1. The first-order valence-corrected chi connectivity index (χ1v) is 7.62. The van der Waals surface area contributed by atoms with Crippen molar-refractivity contribution in [2.45, 2.75) is 18.5 Å². The van der Waals surface area contributed by atoms with E-state index in [1.165, 1.54) is 0 Å². The number of hydrogen-bond donors (Lipinski definition) is 1. The minimum atomic E-state index is -0.316. The minimum Gasteiger partial charge on any atom is -0.345 e. The molecule has 0 bridgehead atoms. The Balaban J connectivity index is 1.86. The molecule has 2 atom stereocenters. The number of aromatic nitrogens is 3. The molecular formula is C15H18ClN5O2. The molecule has 2 aromatic heterocycles. The second-order valence-electron chi connectivity index (χ2n) is 5.77. The van der Waals surface area contributed by atoms with E-state index in [0.29, 0.717) is 10.7 Å². The summed E-state index contributed by atoms with van der Waals surface area (Å²) in [7, 11) is 5.32. The molecule has 3 heterocycles. The van der Waals surface area contributed by atoms with Crippen LogP contribution in [0.1, 0.15) is 28.6 Å². The molecule has 1 N–H and O–H groups in total. The van der Waals surface area contributed by atoms with Gasteiger partial charge in [-0.25, -0.2) is 0 Å². The third kappa shape index (κ3) is 2.72.